The van der Waals surface area contributed by atoms with E-state index in [1.54, 1.807) is 0 Å². The molecule has 1 aliphatic heterocycles. The Kier molecular flexibility index (Phi) is 8.31. The van der Waals surface area contributed by atoms with Crippen molar-refractivity contribution >= 4 is 71.9 Å². The topological polar surface area (TPSA) is 49.1 Å². The third kappa shape index (κ3) is 6.02. The molecule has 0 radical (unpaired) electrons. The molecule has 9 rings (SSSR count). The number of amidine groups is 1. The van der Waals surface area contributed by atoms with Gasteiger partial charge >= 0.3 is 0 Å². The van der Waals surface area contributed by atoms with Gasteiger partial charge in [0.05, 0.1) is 24.0 Å². The van der Waals surface area contributed by atoms with Gasteiger partial charge < -0.3 is 5.32 Å². The smallest absolute Gasteiger partial charge is 0.133 e. The molecular formula is C47H34N4S. The van der Waals surface area contributed by atoms with Crippen molar-refractivity contribution in [3.63, 3.8) is 0 Å². The van der Waals surface area contributed by atoms with Gasteiger partial charge in [0.1, 0.15) is 5.84 Å². The normalized spacial score (nSPS) is 14.6. The highest BCUT2D eigenvalue weighted by Gasteiger charge is 2.22. The number of aliphatic imine (C=N–C) groups is 3. The van der Waals surface area contributed by atoms with Crippen molar-refractivity contribution in [2.24, 2.45) is 15.0 Å². The highest BCUT2D eigenvalue weighted by atomic mass is 32.1. The van der Waals surface area contributed by atoms with Gasteiger partial charge in [-0.25, -0.2) is 0 Å². The summed E-state index contributed by atoms with van der Waals surface area (Å²) in [4.78, 5) is 15.0. The molecule has 1 atom stereocenters. The lowest BCUT2D eigenvalue weighted by molar-refractivity contribution is 0.880. The predicted octanol–water partition coefficient (Wildman–Crippen LogP) is 11.7. The zero-order valence-corrected chi connectivity index (χ0v) is 29.2. The van der Waals surface area contributed by atoms with Crippen LogP contribution in [0, 0.1) is 0 Å². The monoisotopic (exact) mass is 686 g/mol. The van der Waals surface area contributed by atoms with Crippen LogP contribution in [0.1, 0.15) is 39.4 Å². The van der Waals surface area contributed by atoms with Gasteiger partial charge in [0.25, 0.3) is 0 Å². The average Bonchev–Trinajstić information content (AvgIpc) is 3.60. The van der Waals surface area contributed by atoms with Crippen LogP contribution >= 0.6 is 11.3 Å². The molecule has 52 heavy (non-hydrogen) atoms. The van der Waals surface area contributed by atoms with Crippen LogP contribution in [0.3, 0.4) is 0 Å². The zero-order valence-electron chi connectivity index (χ0n) is 28.4. The Hall–Kier alpha value is -6.43. The summed E-state index contributed by atoms with van der Waals surface area (Å²) < 4.78 is 2.49. The first-order valence-corrected chi connectivity index (χ1v) is 18.2. The van der Waals surface area contributed by atoms with Crippen molar-refractivity contribution in [2.45, 2.75) is 12.6 Å². The standard InChI is InChI=1S/C47H34N4S/c1-48-40-22-12-10-20-37(40)46(36-25-24-32-14-8-9-19-35(32)28-36)49-30-31-26-39(45-38-21-11-13-23-43(38)52-44(45)27-31)42-29-41(33-15-4-2-5-16-33)50-47(51-42)34-17-6-3-7-18-34/h2-29,41H,1,30H2,(H,50,51). The van der Waals surface area contributed by atoms with E-state index in [-0.39, 0.29) is 6.04 Å². The Morgan fingerprint density at radius 3 is 2.27 bits per heavy atom. The van der Waals surface area contributed by atoms with E-state index < -0.39 is 0 Å². The number of nitrogens with one attached hydrogen (secondary N) is 1. The van der Waals surface area contributed by atoms with E-state index in [0.29, 0.717) is 6.54 Å². The lowest BCUT2D eigenvalue weighted by atomic mass is 9.96. The van der Waals surface area contributed by atoms with Crippen LogP contribution in [0.4, 0.5) is 5.69 Å². The van der Waals surface area contributed by atoms with Crippen LogP contribution in [-0.4, -0.2) is 18.3 Å². The Labute approximate surface area is 306 Å². The second kappa shape index (κ2) is 13.7. The summed E-state index contributed by atoms with van der Waals surface area (Å²) in [5.41, 5.74) is 9.22. The number of para-hydroxylation sites is 1. The van der Waals surface area contributed by atoms with Gasteiger partial charge in [0, 0.05) is 48.1 Å². The van der Waals surface area contributed by atoms with Gasteiger partial charge in [-0.15, -0.1) is 11.3 Å². The van der Waals surface area contributed by atoms with Crippen LogP contribution in [0.2, 0.25) is 0 Å². The highest BCUT2D eigenvalue weighted by molar-refractivity contribution is 7.25. The molecule has 0 saturated carbocycles. The van der Waals surface area contributed by atoms with E-state index in [0.717, 1.165) is 56.3 Å². The molecule has 5 heteroatoms. The molecule has 0 saturated heterocycles. The molecule has 4 nitrogen and oxygen atoms in total. The third-order valence-electron chi connectivity index (χ3n) is 9.63. The van der Waals surface area contributed by atoms with Crippen LogP contribution < -0.4 is 5.32 Å². The van der Waals surface area contributed by atoms with Crippen LogP contribution in [0.25, 0.3) is 36.6 Å². The van der Waals surface area contributed by atoms with Crippen molar-refractivity contribution in [3.8, 4) is 0 Å². The van der Waals surface area contributed by atoms with Crippen molar-refractivity contribution in [1.82, 2.24) is 5.32 Å². The second-order valence-corrected chi connectivity index (χ2v) is 14.0. The summed E-state index contributed by atoms with van der Waals surface area (Å²) in [7, 11) is 0. The first-order valence-electron chi connectivity index (χ1n) is 17.4. The molecule has 1 aromatic heterocycles. The molecule has 248 valence electrons. The largest absolute Gasteiger partial charge is 0.340 e. The van der Waals surface area contributed by atoms with Gasteiger partial charge in [-0.2, -0.15) is 0 Å². The SMILES string of the molecule is C=Nc1ccccc1C(=NCc1cc(C2=CC(c3ccccc3)N=C(c3ccccc3)N2)c2c(c1)sc1ccccc12)c1ccc2ccccc2c1. The minimum absolute atomic E-state index is 0.142. The van der Waals surface area contributed by atoms with Gasteiger partial charge in [0.15, 0.2) is 0 Å². The van der Waals surface area contributed by atoms with E-state index in [1.165, 1.54) is 30.9 Å². The maximum Gasteiger partial charge on any atom is 0.133 e. The summed E-state index contributed by atoms with van der Waals surface area (Å²) >= 11 is 1.83. The third-order valence-corrected chi connectivity index (χ3v) is 10.8. The number of fused-ring (bicyclic) bond motifs is 4. The van der Waals surface area contributed by atoms with Crippen LogP contribution in [0.15, 0.2) is 185 Å². The Morgan fingerprint density at radius 1 is 0.692 bits per heavy atom. The van der Waals surface area contributed by atoms with Crippen molar-refractivity contribution in [3.05, 3.63) is 203 Å². The van der Waals surface area contributed by atoms with Gasteiger partial charge in [0.2, 0.25) is 0 Å². The quantitative estimate of drug-likeness (QED) is 0.159. The van der Waals surface area contributed by atoms with Gasteiger partial charge in [-0.05, 0) is 65.0 Å². The maximum atomic E-state index is 5.39. The molecule has 7 aromatic carbocycles. The summed E-state index contributed by atoms with van der Waals surface area (Å²) in [5.74, 6) is 0.857. The molecule has 8 aromatic rings. The molecule has 0 spiro atoms. The zero-order chi connectivity index (χ0) is 34.9. The van der Waals surface area contributed by atoms with Crippen molar-refractivity contribution < 1.29 is 0 Å². The second-order valence-electron chi connectivity index (χ2n) is 12.9. The van der Waals surface area contributed by atoms with Crippen LogP contribution in [0.5, 0.6) is 0 Å². The lowest BCUT2D eigenvalue weighted by Gasteiger charge is -2.24. The minimum atomic E-state index is -0.142. The average molecular weight is 687 g/mol. The summed E-state index contributed by atoms with van der Waals surface area (Å²) in [6, 6.07) is 57.2. The molecule has 1 unspecified atom stereocenters. The first-order chi connectivity index (χ1) is 25.7. The fraction of sp³-hybridized carbons (Fsp3) is 0.0426. The molecule has 1 aliphatic rings. The number of thiophene rings is 1. The first kappa shape index (κ1) is 31.5. The maximum absolute atomic E-state index is 5.39. The fourth-order valence-electron chi connectivity index (χ4n) is 7.12. The molecule has 0 bridgehead atoms. The molecule has 0 fully saturated rings. The number of nitrogens with zero attached hydrogens (tertiary/aromatic N) is 3. The summed E-state index contributed by atoms with van der Waals surface area (Å²) in [6.07, 6.45) is 2.27. The highest BCUT2D eigenvalue weighted by Crippen LogP contribution is 2.40. The number of hydrogen-bond acceptors (Lipinski definition) is 5. The van der Waals surface area contributed by atoms with E-state index in [1.807, 2.05) is 35.6 Å². The van der Waals surface area contributed by atoms with Crippen LogP contribution in [-0.2, 0) is 6.54 Å². The number of hydrogen-bond donors (Lipinski definition) is 1. The Balaban J connectivity index is 1.21. The Morgan fingerprint density at radius 2 is 1.42 bits per heavy atom. The van der Waals surface area contributed by atoms with Crippen molar-refractivity contribution in [1.29, 1.82) is 0 Å². The Bertz CT molecular complexity index is 2700. The molecule has 1 N–H and O–H groups in total. The minimum Gasteiger partial charge on any atom is -0.340 e. The molecule has 0 amide bonds. The summed E-state index contributed by atoms with van der Waals surface area (Å²) in [6.45, 7) is 4.37. The molecule has 0 aliphatic carbocycles. The van der Waals surface area contributed by atoms with Crippen molar-refractivity contribution in [2.75, 3.05) is 0 Å². The fourth-order valence-corrected chi connectivity index (χ4v) is 8.32. The molecular weight excluding hydrogens is 653 g/mol. The van der Waals surface area contributed by atoms with E-state index in [9.17, 15) is 0 Å². The number of rotatable bonds is 8. The van der Waals surface area contributed by atoms with E-state index >= 15 is 0 Å². The predicted molar refractivity (Wildman–Crippen MR) is 222 cm³/mol. The summed E-state index contributed by atoms with van der Waals surface area (Å²) in [5, 5.41) is 8.62. The molecule has 2 heterocycles. The number of benzene rings is 7. The van der Waals surface area contributed by atoms with E-state index in [2.05, 4.69) is 163 Å². The van der Waals surface area contributed by atoms with Gasteiger partial charge in [-0.1, -0.05) is 133 Å². The van der Waals surface area contributed by atoms with E-state index in [4.69, 9.17) is 9.98 Å². The van der Waals surface area contributed by atoms with Gasteiger partial charge in [-0.3, -0.25) is 15.0 Å². The lowest BCUT2D eigenvalue weighted by Crippen LogP contribution is -2.27.